The highest BCUT2D eigenvalue weighted by molar-refractivity contribution is 6.28. The van der Waals surface area contributed by atoms with E-state index < -0.39 is 5.69 Å². The van der Waals surface area contributed by atoms with Gasteiger partial charge in [-0.3, -0.25) is 9.36 Å². The third-order valence-electron chi connectivity index (χ3n) is 4.62. The standard InChI is InChI=1S/C17H16ClN5O2/c18-16-19-8-11(9-20-16)10-22-7-3-6-13-14(22)21-17(25)23(15(13)24)12-4-1-2-5-12/h3,6-9,12H,1-2,4-5,10H2. The Kier molecular flexibility index (Phi) is 4.09. The van der Waals surface area contributed by atoms with Crippen molar-refractivity contribution in [3.63, 3.8) is 0 Å². The molecule has 0 amide bonds. The lowest BCUT2D eigenvalue weighted by Crippen LogP contribution is -2.39. The van der Waals surface area contributed by atoms with Crippen molar-refractivity contribution in [2.24, 2.45) is 0 Å². The van der Waals surface area contributed by atoms with E-state index in [2.05, 4.69) is 15.0 Å². The molecule has 2 aliphatic heterocycles. The molecule has 1 aliphatic carbocycles. The van der Waals surface area contributed by atoms with E-state index in [4.69, 9.17) is 11.6 Å². The minimum Gasteiger partial charge on any atom is -0.328 e. The molecule has 0 bridgehead atoms. The number of hydrogen-bond acceptors (Lipinski definition) is 5. The van der Waals surface area contributed by atoms with Crippen molar-refractivity contribution < 1.29 is 0 Å². The van der Waals surface area contributed by atoms with Crippen molar-refractivity contribution in [1.82, 2.24) is 24.1 Å². The quantitative estimate of drug-likeness (QED) is 0.670. The fourth-order valence-corrected chi connectivity index (χ4v) is 3.52. The van der Waals surface area contributed by atoms with Gasteiger partial charge in [0.05, 0.1) is 12.1 Å². The van der Waals surface area contributed by atoms with Gasteiger partial charge in [-0.2, -0.15) is 4.98 Å². The van der Waals surface area contributed by atoms with Gasteiger partial charge in [-0.1, -0.05) is 12.8 Å². The molecule has 25 heavy (non-hydrogen) atoms. The molecule has 3 aliphatic rings. The SMILES string of the molecule is O=c1nc2n(Cc3cnc(Cl)nc3)cccc-2c(=O)n1C1CCCC1. The van der Waals surface area contributed by atoms with Crippen LogP contribution in [0.2, 0.25) is 5.28 Å². The van der Waals surface area contributed by atoms with Gasteiger partial charge in [0.2, 0.25) is 5.28 Å². The van der Waals surface area contributed by atoms with Crippen molar-refractivity contribution in [3.05, 3.63) is 62.4 Å². The normalized spacial score (nSPS) is 15.1. The number of aromatic nitrogens is 5. The Morgan fingerprint density at radius 3 is 2.60 bits per heavy atom. The van der Waals surface area contributed by atoms with Crippen LogP contribution >= 0.6 is 11.6 Å². The number of halogens is 1. The predicted octanol–water partition coefficient (Wildman–Crippen LogP) is 2.12. The van der Waals surface area contributed by atoms with E-state index in [9.17, 15) is 9.59 Å². The van der Waals surface area contributed by atoms with Crippen LogP contribution < -0.4 is 11.2 Å². The van der Waals surface area contributed by atoms with Crippen molar-refractivity contribution in [2.45, 2.75) is 38.3 Å². The fraction of sp³-hybridized carbons (Fsp3) is 0.353. The molecule has 1 aromatic rings. The highest BCUT2D eigenvalue weighted by Crippen LogP contribution is 2.27. The molecule has 0 radical (unpaired) electrons. The van der Waals surface area contributed by atoms with Crippen LogP contribution in [0.1, 0.15) is 37.3 Å². The maximum atomic E-state index is 12.9. The highest BCUT2D eigenvalue weighted by atomic mass is 35.5. The van der Waals surface area contributed by atoms with Gasteiger partial charge >= 0.3 is 5.69 Å². The Bertz CT molecular complexity index is 989. The van der Waals surface area contributed by atoms with Crippen LogP contribution in [0, 0.1) is 0 Å². The summed E-state index contributed by atoms with van der Waals surface area (Å²) >= 11 is 5.70. The van der Waals surface area contributed by atoms with E-state index >= 15 is 0 Å². The first-order valence-corrected chi connectivity index (χ1v) is 8.59. The first-order chi connectivity index (χ1) is 12.1. The number of pyridine rings is 1. The van der Waals surface area contributed by atoms with Gasteiger partial charge in [-0.25, -0.2) is 14.8 Å². The molecule has 1 fully saturated rings. The number of nitrogens with zero attached hydrogens (tertiary/aromatic N) is 5. The molecular formula is C17H16ClN5O2. The summed E-state index contributed by atoms with van der Waals surface area (Å²) in [4.78, 5) is 37.4. The largest absolute Gasteiger partial charge is 0.352 e. The summed E-state index contributed by atoms with van der Waals surface area (Å²) < 4.78 is 3.08. The summed E-state index contributed by atoms with van der Waals surface area (Å²) in [6, 6.07) is 3.46. The van der Waals surface area contributed by atoms with Crippen molar-refractivity contribution in [1.29, 1.82) is 0 Å². The molecule has 4 rings (SSSR count). The zero-order chi connectivity index (χ0) is 17.4. The van der Waals surface area contributed by atoms with E-state index in [0.29, 0.717) is 17.9 Å². The second-order valence-electron chi connectivity index (χ2n) is 6.24. The summed E-state index contributed by atoms with van der Waals surface area (Å²) in [5.74, 6) is 0.377. The van der Waals surface area contributed by atoms with E-state index in [-0.39, 0.29) is 16.9 Å². The van der Waals surface area contributed by atoms with Gasteiger partial charge in [0, 0.05) is 30.2 Å². The van der Waals surface area contributed by atoms with Crippen LogP contribution in [0.15, 0.2) is 40.3 Å². The first-order valence-electron chi connectivity index (χ1n) is 8.21. The molecule has 0 atom stereocenters. The highest BCUT2D eigenvalue weighted by Gasteiger charge is 2.24. The van der Waals surface area contributed by atoms with E-state index in [0.717, 1.165) is 31.2 Å². The second kappa shape index (κ2) is 6.40. The lowest BCUT2D eigenvalue weighted by atomic mass is 10.2. The van der Waals surface area contributed by atoms with Gasteiger partial charge in [0.1, 0.15) is 0 Å². The fourth-order valence-electron chi connectivity index (χ4n) is 3.42. The number of rotatable bonds is 3. The number of fused-ring (bicyclic) bond motifs is 1. The molecule has 128 valence electrons. The summed E-state index contributed by atoms with van der Waals surface area (Å²) in [6.45, 7) is 0.397. The zero-order valence-electron chi connectivity index (χ0n) is 13.4. The average molecular weight is 358 g/mol. The Balaban J connectivity index is 1.81. The molecule has 0 N–H and O–H groups in total. The summed E-state index contributed by atoms with van der Waals surface area (Å²) in [6.07, 6.45) is 8.80. The average Bonchev–Trinajstić information content (AvgIpc) is 3.12. The van der Waals surface area contributed by atoms with Crippen LogP contribution in [0.4, 0.5) is 0 Å². The van der Waals surface area contributed by atoms with Gasteiger partial charge in [-0.05, 0) is 36.6 Å². The van der Waals surface area contributed by atoms with E-state index in [1.54, 1.807) is 35.3 Å². The minimum absolute atomic E-state index is 0.0322. The van der Waals surface area contributed by atoms with Crippen molar-refractivity contribution in [3.8, 4) is 11.4 Å². The minimum atomic E-state index is -0.475. The molecule has 8 heteroatoms. The molecule has 0 aromatic carbocycles. The van der Waals surface area contributed by atoms with Gasteiger partial charge < -0.3 is 4.57 Å². The van der Waals surface area contributed by atoms with Gasteiger partial charge in [0.15, 0.2) is 5.82 Å². The maximum Gasteiger partial charge on any atom is 0.352 e. The topological polar surface area (TPSA) is 82.7 Å². The van der Waals surface area contributed by atoms with Crippen LogP contribution in [-0.2, 0) is 6.54 Å². The monoisotopic (exact) mass is 357 g/mol. The zero-order valence-corrected chi connectivity index (χ0v) is 14.2. The third-order valence-corrected chi connectivity index (χ3v) is 4.81. The summed E-state index contributed by atoms with van der Waals surface area (Å²) in [5.41, 5.74) is 0.514. The molecule has 1 aromatic heterocycles. The lowest BCUT2D eigenvalue weighted by molar-refractivity contribution is 0.477. The molecule has 1 saturated carbocycles. The third kappa shape index (κ3) is 2.95. The van der Waals surface area contributed by atoms with Crippen LogP contribution in [0.5, 0.6) is 0 Å². The Morgan fingerprint density at radius 2 is 1.88 bits per heavy atom. The van der Waals surface area contributed by atoms with Crippen LogP contribution in [0.3, 0.4) is 0 Å². The smallest absolute Gasteiger partial charge is 0.328 e. The molecule has 7 nitrogen and oxygen atoms in total. The van der Waals surface area contributed by atoms with E-state index in [1.165, 1.54) is 4.57 Å². The van der Waals surface area contributed by atoms with E-state index in [1.807, 2.05) is 0 Å². The van der Waals surface area contributed by atoms with Gasteiger partial charge in [-0.15, -0.1) is 0 Å². The summed E-state index contributed by atoms with van der Waals surface area (Å²) in [7, 11) is 0. The van der Waals surface area contributed by atoms with Crippen molar-refractivity contribution >= 4 is 11.6 Å². The molecule has 0 unspecified atom stereocenters. The number of hydrogen-bond donors (Lipinski definition) is 0. The lowest BCUT2D eigenvalue weighted by Gasteiger charge is -2.17. The molecule has 0 spiro atoms. The Labute approximate surface area is 148 Å². The first kappa shape index (κ1) is 16.0. The van der Waals surface area contributed by atoms with Crippen LogP contribution in [-0.4, -0.2) is 24.1 Å². The predicted molar refractivity (Wildman–Crippen MR) is 93.0 cm³/mol. The molecular weight excluding hydrogens is 342 g/mol. The Hall–Kier alpha value is -2.54. The molecule has 0 saturated heterocycles. The van der Waals surface area contributed by atoms with Crippen LogP contribution in [0.25, 0.3) is 11.4 Å². The second-order valence-corrected chi connectivity index (χ2v) is 6.58. The molecule has 3 heterocycles. The van der Waals surface area contributed by atoms with Gasteiger partial charge in [0.25, 0.3) is 5.56 Å². The maximum absolute atomic E-state index is 12.9. The summed E-state index contributed by atoms with van der Waals surface area (Å²) in [5, 5.41) is 0.172. The Morgan fingerprint density at radius 1 is 1.16 bits per heavy atom. The van der Waals surface area contributed by atoms with Crippen molar-refractivity contribution in [2.75, 3.05) is 0 Å².